The van der Waals surface area contributed by atoms with Gasteiger partial charge in [0.1, 0.15) is 0 Å². The number of aliphatic hydroxyl groups is 1. The lowest BCUT2D eigenvalue weighted by molar-refractivity contribution is -0.207. The van der Waals surface area contributed by atoms with E-state index in [9.17, 15) is 9.90 Å². The van der Waals surface area contributed by atoms with Gasteiger partial charge in [0, 0.05) is 43.0 Å². The molecule has 2 heterocycles. The number of carbonyl (C=O) groups excluding carboxylic acids is 1. The van der Waals surface area contributed by atoms with E-state index in [0.717, 1.165) is 25.7 Å². The molecule has 1 spiro atoms. The zero-order valence-electron chi connectivity index (χ0n) is 13.7. The van der Waals surface area contributed by atoms with Crippen LogP contribution < -0.4 is 5.32 Å². The molecular formula is C17H26N2O3S. The molecule has 6 heteroatoms. The van der Waals surface area contributed by atoms with Gasteiger partial charge in [-0.1, -0.05) is 6.07 Å². The average molecular weight is 338 g/mol. The number of carbonyl (C=O) groups is 1. The van der Waals surface area contributed by atoms with Crippen molar-refractivity contribution in [1.29, 1.82) is 0 Å². The number of thiophene rings is 1. The van der Waals surface area contributed by atoms with Gasteiger partial charge in [-0.05, 0) is 37.6 Å². The number of urea groups is 1. The van der Waals surface area contributed by atoms with Gasteiger partial charge in [-0.2, -0.15) is 0 Å². The molecule has 0 radical (unpaired) electrons. The summed E-state index contributed by atoms with van der Waals surface area (Å²) in [6.07, 6.45) is 3.16. The molecule has 0 unspecified atom stereocenters. The fraction of sp³-hybridized carbons (Fsp3) is 0.706. The highest BCUT2D eigenvalue weighted by molar-refractivity contribution is 7.09. The van der Waals surface area contributed by atoms with E-state index in [2.05, 4.69) is 16.8 Å². The Labute approximate surface area is 141 Å². The van der Waals surface area contributed by atoms with Gasteiger partial charge in [0.15, 0.2) is 0 Å². The number of hydrogen-bond donors (Lipinski definition) is 2. The van der Waals surface area contributed by atoms with Crippen LogP contribution in [-0.2, 0) is 11.2 Å². The van der Waals surface area contributed by atoms with Crippen LogP contribution in [0.2, 0.25) is 0 Å². The lowest BCUT2D eigenvalue weighted by Gasteiger charge is -2.56. The second-order valence-corrected chi connectivity index (χ2v) is 7.51. The number of amides is 2. The van der Waals surface area contributed by atoms with Crippen LogP contribution in [0.25, 0.3) is 0 Å². The van der Waals surface area contributed by atoms with Crippen LogP contribution in [0.1, 0.15) is 31.1 Å². The maximum Gasteiger partial charge on any atom is 0.317 e. The molecule has 0 aromatic carbocycles. The number of rotatable bonds is 5. The third-order valence-electron chi connectivity index (χ3n) is 5.32. The summed E-state index contributed by atoms with van der Waals surface area (Å²) in [5.74, 6) is 0. The number of aliphatic hydroxyl groups excluding tert-OH is 1. The zero-order chi connectivity index (χ0) is 16.3. The smallest absolute Gasteiger partial charge is 0.317 e. The molecule has 2 atom stereocenters. The van der Waals surface area contributed by atoms with Crippen molar-refractivity contribution in [3.8, 4) is 0 Å². The maximum atomic E-state index is 12.3. The standard InChI is InChI=1S/C17H26N2O3S/c1-2-22-15-12-14(20)17(15)6-9-19(10-7-17)16(21)18-8-5-13-4-3-11-23-13/h3-4,11,14-15,20H,2,5-10,12H2,1H3,(H,18,21)/t14-,15-/m0/s1. The Kier molecular flexibility index (Phi) is 5.24. The molecular weight excluding hydrogens is 312 g/mol. The van der Waals surface area contributed by atoms with Crippen molar-refractivity contribution in [2.45, 2.75) is 44.8 Å². The number of hydrogen-bond acceptors (Lipinski definition) is 4. The van der Waals surface area contributed by atoms with Gasteiger partial charge < -0.3 is 20.1 Å². The largest absolute Gasteiger partial charge is 0.392 e. The van der Waals surface area contributed by atoms with Crippen LogP contribution in [0.15, 0.2) is 17.5 Å². The highest BCUT2D eigenvalue weighted by Crippen LogP contribution is 2.50. The van der Waals surface area contributed by atoms with Crippen molar-refractivity contribution in [2.75, 3.05) is 26.2 Å². The van der Waals surface area contributed by atoms with Crippen LogP contribution >= 0.6 is 11.3 Å². The average Bonchev–Trinajstić information content (AvgIpc) is 3.08. The van der Waals surface area contributed by atoms with Crippen LogP contribution in [0, 0.1) is 5.41 Å². The van der Waals surface area contributed by atoms with Crippen LogP contribution in [0.4, 0.5) is 4.79 Å². The van der Waals surface area contributed by atoms with Crippen LogP contribution in [0.5, 0.6) is 0 Å². The number of nitrogens with zero attached hydrogens (tertiary/aromatic N) is 1. The normalized spacial score (nSPS) is 26.1. The summed E-state index contributed by atoms with van der Waals surface area (Å²) < 4.78 is 5.77. The minimum absolute atomic E-state index is 0.0122. The van der Waals surface area contributed by atoms with Crippen molar-refractivity contribution < 1.29 is 14.6 Å². The van der Waals surface area contributed by atoms with Crippen molar-refractivity contribution in [2.24, 2.45) is 5.41 Å². The van der Waals surface area contributed by atoms with Crippen molar-refractivity contribution in [3.05, 3.63) is 22.4 Å². The monoisotopic (exact) mass is 338 g/mol. The molecule has 2 N–H and O–H groups in total. The third kappa shape index (κ3) is 3.39. The zero-order valence-corrected chi connectivity index (χ0v) is 14.5. The predicted octanol–water partition coefficient (Wildman–Crippen LogP) is 2.25. The molecule has 2 amide bonds. The van der Waals surface area contributed by atoms with E-state index in [4.69, 9.17) is 4.74 Å². The number of nitrogens with one attached hydrogen (secondary N) is 1. The highest BCUT2D eigenvalue weighted by Gasteiger charge is 2.56. The Morgan fingerprint density at radius 3 is 2.91 bits per heavy atom. The summed E-state index contributed by atoms with van der Waals surface area (Å²) in [5, 5.41) is 15.3. The first-order valence-electron chi connectivity index (χ1n) is 8.50. The van der Waals surface area contributed by atoms with E-state index in [1.807, 2.05) is 17.9 Å². The Morgan fingerprint density at radius 1 is 1.52 bits per heavy atom. The number of likely N-dealkylation sites (tertiary alicyclic amines) is 1. The Bertz CT molecular complexity index is 510. The predicted molar refractivity (Wildman–Crippen MR) is 90.7 cm³/mol. The Hall–Kier alpha value is -1.11. The van der Waals surface area contributed by atoms with Crippen molar-refractivity contribution in [1.82, 2.24) is 10.2 Å². The van der Waals surface area contributed by atoms with Gasteiger partial charge >= 0.3 is 6.03 Å². The van der Waals surface area contributed by atoms with E-state index >= 15 is 0 Å². The summed E-state index contributed by atoms with van der Waals surface area (Å²) in [5.41, 5.74) is -0.121. The number of ether oxygens (including phenoxy) is 1. The van der Waals surface area contributed by atoms with Crippen molar-refractivity contribution in [3.63, 3.8) is 0 Å². The molecule has 1 aromatic rings. The van der Waals surface area contributed by atoms with E-state index in [-0.39, 0.29) is 23.7 Å². The second kappa shape index (κ2) is 7.20. The van der Waals surface area contributed by atoms with E-state index in [1.165, 1.54) is 4.88 Å². The van der Waals surface area contributed by atoms with Crippen molar-refractivity contribution >= 4 is 17.4 Å². The highest BCUT2D eigenvalue weighted by atomic mass is 32.1. The van der Waals surface area contributed by atoms with Gasteiger partial charge in [-0.25, -0.2) is 4.79 Å². The van der Waals surface area contributed by atoms with E-state index in [1.54, 1.807) is 11.3 Å². The van der Waals surface area contributed by atoms with Gasteiger partial charge in [0.25, 0.3) is 0 Å². The molecule has 2 aliphatic rings. The van der Waals surface area contributed by atoms with Crippen LogP contribution in [-0.4, -0.2) is 54.5 Å². The molecule has 23 heavy (non-hydrogen) atoms. The molecule has 1 aliphatic heterocycles. The molecule has 0 bridgehead atoms. The fourth-order valence-corrected chi connectivity index (χ4v) is 4.51. The second-order valence-electron chi connectivity index (χ2n) is 6.48. The summed E-state index contributed by atoms with van der Waals surface area (Å²) >= 11 is 1.72. The fourth-order valence-electron chi connectivity index (χ4n) is 3.80. The molecule has 128 valence electrons. The van der Waals surface area contributed by atoms with E-state index < -0.39 is 0 Å². The Morgan fingerprint density at radius 2 is 2.30 bits per heavy atom. The molecule has 1 aromatic heterocycles. The maximum absolute atomic E-state index is 12.3. The van der Waals surface area contributed by atoms with Gasteiger partial charge in [0.05, 0.1) is 12.2 Å². The minimum atomic E-state index is -0.275. The first-order chi connectivity index (χ1) is 11.2. The molecule has 1 saturated carbocycles. The summed E-state index contributed by atoms with van der Waals surface area (Å²) in [4.78, 5) is 15.4. The lowest BCUT2D eigenvalue weighted by Crippen LogP contribution is -2.63. The summed E-state index contributed by atoms with van der Waals surface area (Å²) in [6, 6.07) is 4.14. The van der Waals surface area contributed by atoms with Gasteiger partial charge in [-0.3, -0.25) is 0 Å². The topological polar surface area (TPSA) is 61.8 Å². The quantitative estimate of drug-likeness (QED) is 0.866. The third-order valence-corrected chi connectivity index (χ3v) is 6.26. The molecule has 1 saturated heterocycles. The molecule has 3 rings (SSSR count). The first-order valence-corrected chi connectivity index (χ1v) is 9.38. The minimum Gasteiger partial charge on any atom is -0.392 e. The molecule has 1 aliphatic carbocycles. The lowest BCUT2D eigenvalue weighted by atomic mass is 9.58. The van der Waals surface area contributed by atoms with Gasteiger partial charge in [-0.15, -0.1) is 11.3 Å². The Balaban J connectivity index is 1.44. The summed E-state index contributed by atoms with van der Waals surface area (Å²) in [6.45, 7) is 4.75. The summed E-state index contributed by atoms with van der Waals surface area (Å²) in [7, 11) is 0. The first kappa shape index (κ1) is 16.7. The van der Waals surface area contributed by atoms with E-state index in [0.29, 0.717) is 26.2 Å². The van der Waals surface area contributed by atoms with Gasteiger partial charge in [0.2, 0.25) is 0 Å². The SMILES string of the molecule is CCO[C@H]1C[C@H](O)C12CCN(C(=O)NCCc1cccs1)CC2. The van der Waals surface area contributed by atoms with Crippen LogP contribution in [0.3, 0.4) is 0 Å². The molecule has 5 nitrogen and oxygen atoms in total. The number of piperidine rings is 1. The molecule has 2 fully saturated rings.